The molecule has 0 fully saturated rings. The third-order valence-corrected chi connectivity index (χ3v) is 5.91. The number of amides is 1. The van der Waals surface area contributed by atoms with Crippen LogP contribution in [0.2, 0.25) is 5.02 Å². The fourth-order valence-electron chi connectivity index (χ4n) is 2.16. The molecule has 1 amide bonds. The number of nitrogens with one attached hydrogen (secondary N) is 1. The fourth-order valence-corrected chi connectivity index (χ4v) is 3.55. The molecule has 1 aromatic carbocycles. The van der Waals surface area contributed by atoms with Crippen LogP contribution in [0.5, 0.6) is 5.88 Å². The molecule has 1 heterocycles. The maximum Gasteiger partial charge on any atom is 0.422 e. The molecule has 0 aliphatic rings. The summed E-state index contributed by atoms with van der Waals surface area (Å²) in [4.78, 5) is 15.9. The molecule has 7 nitrogen and oxygen atoms in total. The molecule has 2 aromatic rings. The van der Waals surface area contributed by atoms with Gasteiger partial charge in [-0.15, -0.1) is 0 Å². The van der Waals surface area contributed by atoms with Crippen LogP contribution in [-0.4, -0.2) is 50.5 Å². The van der Waals surface area contributed by atoms with Crippen LogP contribution >= 0.6 is 11.6 Å². The van der Waals surface area contributed by atoms with Crippen molar-refractivity contribution in [1.29, 1.82) is 0 Å². The van der Waals surface area contributed by atoms with E-state index in [1.165, 1.54) is 44.6 Å². The van der Waals surface area contributed by atoms with Crippen LogP contribution in [-0.2, 0) is 16.6 Å². The summed E-state index contributed by atoms with van der Waals surface area (Å²) in [6.07, 6.45) is -3.27. The first kappa shape index (κ1) is 22.9. The molecule has 1 aromatic heterocycles. The van der Waals surface area contributed by atoms with Gasteiger partial charge < -0.3 is 10.1 Å². The highest BCUT2D eigenvalue weighted by Gasteiger charge is 2.29. The molecule has 0 atom stereocenters. The zero-order valence-corrected chi connectivity index (χ0v) is 16.9. The van der Waals surface area contributed by atoms with E-state index in [9.17, 15) is 26.4 Å². The number of carbonyl (C=O) groups is 1. The van der Waals surface area contributed by atoms with Gasteiger partial charge in [0, 0.05) is 38.0 Å². The lowest BCUT2D eigenvalue weighted by molar-refractivity contribution is -0.154. The van der Waals surface area contributed by atoms with Crippen molar-refractivity contribution >= 4 is 27.5 Å². The molecule has 1 N–H and O–H groups in total. The zero-order valence-electron chi connectivity index (χ0n) is 15.3. The quantitative estimate of drug-likeness (QED) is 0.699. The lowest BCUT2D eigenvalue weighted by atomic mass is 10.2. The SMILES string of the molecule is CN(C)S(=O)(=O)c1cc(C(=O)NCc2cccnc2OCC(F)(F)F)ccc1Cl. The van der Waals surface area contributed by atoms with E-state index in [4.69, 9.17) is 11.6 Å². The Morgan fingerprint density at radius 3 is 2.59 bits per heavy atom. The van der Waals surface area contributed by atoms with Crippen LogP contribution in [0.15, 0.2) is 41.4 Å². The second kappa shape index (κ2) is 8.97. The summed E-state index contributed by atoms with van der Waals surface area (Å²) in [5, 5.41) is 2.44. The third-order valence-electron chi connectivity index (χ3n) is 3.61. The number of nitrogens with zero attached hydrogens (tertiary/aromatic N) is 2. The van der Waals surface area contributed by atoms with Gasteiger partial charge in [-0.1, -0.05) is 17.7 Å². The minimum absolute atomic E-state index is 0.0106. The number of alkyl halides is 3. The highest BCUT2D eigenvalue weighted by atomic mass is 35.5. The number of aromatic nitrogens is 1. The highest BCUT2D eigenvalue weighted by Crippen LogP contribution is 2.25. The van der Waals surface area contributed by atoms with Crippen molar-refractivity contribution in [3.63, 3.8) is 0 Å². The monoisotopic (exact) mass is 451 g/mol. The van der Waals surface area contributed by atoms with Gasteiger partial charge in [-0.2, -0.15) is 13.2 Å². The first-order chi connectivity index (χ1) is 13.4. The molecule has 2 rings (SSSR count). The van der Waals surface area contributed by atoms with Crippen molar-refractivity contribution in [1.82, 2.24) is 14.6 Å². The predicted octanol–water partition coefficient (Wildman–Crippen LogP) is 2.86. The average Bonchev–Trinajstić information content (AvgIpc) is 2.64. The Bertz CT molecular complexity index is 998. The molecular weight excluding hydrogens is 435 g/mol. The van der Waals surface area contributed by atoms with Crippen LogP contribution in [0, 0.1) is 0 Å². The van der Waals surface area contributed by atoms with Crippen LogP contribution < -0.4 is 10.1 Å². The van der Waals surface area contributed by atoms with Crippen molar-refractivity contribution in [3.05, 3.63) is 52.7 Å². The van der Waals surface area contributed by atoms with E-state index in [0.29, 0.717) is 0 Å². The van der Waals surface area contributed by atoms with Crippen molar-refractivity contribution in [2.24, 2.45) is 0 Å². The maximum atomic E-state index is 12.4. The predicted molar refractivity (Wildman–Crippen MR) is 99.3 cm³/mol. The summed E-state index contributed by atoms with van der Waals surface area (Å²) in [5.74, 6) is -0.917. The van der Waals surface area contributed by atoms with E-state index in [1.807, 2.05) is 0 Å². The number of ether oxygens (including phenoxy) is 1. The molecule has 0 spiro atoms. The Kier molecular flexibility index (Phi) is 7.09. The van der Waals surface area contributed by atoms with Gasteiger partial charge in [0.1, 0.15) is 4.90 Å². The maximum absolute atomic E-state index is 12.4. The van der Waals surface area contributed by atoms with Crippen molar-refractivity contribution in [3.8, 4) is 5.88 Å². The molecule has 0 unspecified atom stereocenters. The first-order valence-corrected chi connectivity index (χ1v) is 9.87. The lowest BCUT2D eigenvalue weighted by Crippen LogP contribution is -2.26. The zero-order chi connectivity index (χ0) is 21.8. The number of rotatable bonds is 7. The second-order valence-corrected chi connectivity index (χ2v) is 8.51. The first-order valence-electron chi connectivity index (χ1n) is 8.05. The summed E-state index contributed by atoms with van der Waals surface area (Å²) in [5.41, 5.74) is 0.233. The molecule has 158 valence electrons. The van der Waals surface area contributed by atoms with Crippen LogP contribution in [0.3, 0.4) is 0 Å². The molecule has 0 radical (unpaired) electrons. The smallest absolute Gasteiger partial charge is 0.422 e. The topological polar surface area (TPSA) is 88.6 Å². The number of hydrogen-bond donors (Lipinski definition) is 1. The summed E-state index contributed by atoms with van der Waals surface area (Å²) >= 11 is 5.94. The number of carbonyl (C=O) groups excluding carboxylic acids is 1. The Morgan fingerprint density at radius 1 is 1.28 bits per heavy atom. The van der Waals surface area contributed by atoms with Crippen molar-refractivity contribution < 1.29 is 31.1 Å². The number of halogens is 4. The van der Waals surface area contributed by atoms with Gasteiger partial charge in [0.2, 0.25) is 15.9 Å². The Morgan fingerprint density at radius 2 is 1.97 bits per heavy atom. The van der Waals surface area contributed by atoms with Gasteiger partial charge in [-0.25, -0.2) is 17.7 Å². The van der Waals surface area contributed by atoms with E-state index >= 15 is 0 Å². The fraction of sp³-hybridized carbons (Fsp3) is 0.294. The molecule has 0 saturated heterocycles. The molecule has 0 aliphatic carbocycles. The van der Waals surface area contributed by atoms with Gasteiger partial charge >= 0.3 is 6.18 Å². The molecule has 0 aliphatic heterocycles. The molecule has 29 heavy (non-hydrogen) atoms. The van der Waals surface area contributed by atoms with Crippen LogP contribution in [0.1, 0.15) is 15.9 Å². The van der Waals surface area contributed by atoms with Gasteiger partial charge in [-0.3, -0.25) is 4.79 Å². The van der Waals surface area contributed by atoms with E-state index in [1.54, 1.807) is 0 Å². The summed E-state index contributed by atoms with van der Waals surface area (Å²) in [6.45, 7) is -1.70. The van der Waals surface area contributed by atoms with Crippen LogP contribution in [0.4, 0.5) is 13.2 Å². The third kappa shape index (κ3) is 6.05. The Labute approximate surface area is 170 Å². The summed E-state index contributed by atoms with van der Waals surface area (Å²) in [6, 6.07) is 6.65. The molecule has 0 saturated carbocycles. The number of sulfonamides is 1. The second-order valence-electron chi connectivity index (χ2n) is 5.99. The number of pyridine rings is 1. The van der Waals surface area contributed by atoms with E-state index in [0.717, 1.165) is 10.4 Å². The van der Waals surface area contributed by atoms with Gasteiger partial charge in [0.15, 0.2) is 6.61 Å². The molecule has 0 bridgehead atoms. The van der Waals surface area contributed by atoms with Crippen molar-refractivity contribution in [2.75, 3.05) is 20.7 Å². The standard InChI is InChI=1S/C17H17ClF3N3O4S/c1-24(2)29(26,27)14-8-11(5-6-13(14)18)15(25)23-9-12-4-3-7-22-16(12)28-10-17(19,20)21/h3-8H,9-10H2,1-2H3,(H,23,25). The minimum atomic E-state index is -4.53. The van der Waals surface area contributed by atoms with Gasteiger partial charge in [-0.05, 0) is 24.3 Å². The Balaban J connectivity index is 2.17. The lowest BCUT2D eigenvalue weighted by Gasteiger charge is -2.14. The number of benzene rings is 1. The normalized spacial score (nSPS) is 12.1. The average molecular weight is 452 g/mol. The molecule has 12 heteroatoms. The molecular formula is C17H17ClF3N3O4S. The van der Waals surface area contributed by atoms with Crippen LogP contribution in [0.25, 0.3) is 0 Å². The largest absolute Gasteiger partial charge is 0.468 e. The van der Waals surface area contributed by atoms with Gasteiger partial charge in [0.25, 0.3) is 5.91 Å². The van der Waals surface area contributed by atoms with E-state index in [2.05, 4.69) is 15.0 Å². The van der Waals surface area contributed by atoms with E-state index in [-0.39, 0.29) is 33.5 Å². The van der Waals surface area contributed by atoms with Gasteiger partial charge in [0.05, 0.1) is 5.02 Å². The van der Waals surface area contributed by atoms with Crippen molar-refractivity contribution in [2.45, 2.75) is 17.6 Å². The highest BCUT2D eigenvalue weighted by molar-refractivity contribution is 7.89. The summed E-state index contributed by atoms with van der Waals surface area (Å²) in [7, 11) is -1.23. The Hall–Kier alpha value is -2.37. The van der Waals surface area contributed by atoms with E-state index < -0.39 is 28.7 Å². The summed E-state index contributed by atoms with van der Waals surface area (Å²) < 4.78 is 67.2. The number of hydrogen-bond acceptors (Lipinski definition) is 5. The minimum Gasteiger partial charge on any atom is -0.468 e.